The summed E-state index contributed by atoms with van der Waals surface area (Å²) in [5.74, 6) is 0.465. The lowest BCUT2D eigenvalue weighted by Gasteiger charge is -2.31. The number of aliphatic hydroxyl groups excluding tert-OH is 1. The fourth-order valence-corrected chi connectivity index (χ4v) is 4.02. The summed E-state index contributed by atoms with van der Waals surface area (Å²) in [5.41, 5.74) is 2.10. The third-order valence-electron chi connectivity index (χ3n) is 5.61. The number of carbonyl (C=O) groups excluding carboxylic acids is 1. The van der Waals surface area contributed by atoms with Crippen molar-refractivity contribution in [3.63, 3.8) is 0 Å². The minimum absolute atomic E-state index is 0.0166. The van der Waals surface area contributed by atoms with Gasteiger partial charge < -0.3 is 14.5 Å². The average molecular weight is 390 g/mol. The first kappa shape index (κ1) is 19.4. The molecule has 0 bridgehead atoms. The quantitative estimate of drug-likeness (QED) is 0.676. The first-order chi connectivity index (χ1) is 14.2. The molecule has 2 heterocycles. The van der Waals surface area contributed by atoms with Crippen molar-refractivity contribution in [2.24, 2.45) is 0 Å². The highest BCUT2D eigenvalue weighted by Crippen LogP contribution is 2.28. The lowest BCUT2D eigenvalue weighted by atomic mass is 9.98. The van der Waals surface area contributed by atoms with E-state index in [1.165, 1.54) is 0 Å². The third kappa shape index (κ3) is 4.57. The number of hydrogen-bond donors (Lipinski definition) is 1. The van der Waals surface area contributed by atoms with Gasteiger partial charge in [-0.1, -0.05) is 78.7 Å². The lowest BCUT2D eigenvalue weighted by Crippen LogP contribution is -2.41. The molecule has 0 aliphatic carbocycles. The van der Waals surface area contributed by atoms with Crippen LogP contribution in [-0.2, 0) is 0 Å². The van der Waals surface area contributed by atoms with E-state index >= 15 is 0 Å². The first-order valence-corrected chi connectivity index (χ1v) is 10.3. The molecule has 1 saturated heterocycles. The van der Waals surface area contributed by atoms with Gasteiger partial charge in [0.05, 0.1) is 6.10 Å². The van der Waals surface area contributed by atoms with Crippen molar-refractivity contribution in [3.05, 3.63) is 78.0 Å². The van der Waals surface area contributed by atoms with Crippen molar-refractivity contribution in [1.29, 1.82) is 0 Å². The first-order valence-electron chi connectivity index (χ1n) is 10.3. The predicted molar refractivity (Wildman–Crippen MR) is 111 cm³/mol. The second kappa shape index (κ2) is 9.05. The number of aliphatic hydroxyl groups is 1. The average Bonchev–Trinajstić information content (AvgIpc) is 3.16. The van der Waals surface area contributed by atoms with Gasteiger partial charge >= 0.3 is 0 Å². The summed E-state index contributed by atoms with van der Waals surface area (Å²) < 4.78 is 5.43. The zero-order valence-electron chi connectivity index (χ0n) is 16.4. The van der Waals surface area contributed by atoms with Crippen LogP contribution < -0.4 is 0 Å². The summed E-state index contributed by atoms with van der Waals surface area (Å²) >= 11 is 0. The number of benzene rings is 2. The van der Waals surface area contributed by atoms with Crippen LogP contribution in [0.1, 0.15) is 54.3 Å². The van der Waals surface area contributed by atoms with E-state index in [1.54, 1.807) is 6.07 Å². The summed E-state index contributed by atoms with van der Waals surface area (Å²) in [7, 11) is 0. The summed E-state index contributed by atoms with van der Waals surface area (Å²) in [4.78, 5) is 15.1. The Labute approximate surface area is 171 Å². The Morgan fingerprint density at radius 3 is 2.55 bits per heavy atom. The molecule has 2 aromatic carbocycles. The minimum Gasteiger partial charge on any atom is -0.388 e. The number of rotatable bonds is 5. The van der Waals surface area contributed by atoms with E-state index in [1.807, 2.05) is 65.6 Å². The molecule has 1 fully saturated rings. The Kier molecular flexibility index (Phi) is 6.06. The molecule has 1 aliphatic heterocycles. The molecule has 0 spiro atoms. The maximum absolute atomic E-state index is 13.2. The molecule has 1 aromatic heterocycles. The second-order valence-electron chi connectivity index (χ2n) is 7.61. The Balaban J connectivity index is 1.52. The number of nitrogens with zero attached hydrogens (tertiary/aromatic N) is 2. The van der Waals surface area contributed by atoms with E-state index in [4.69, 9.17) is 4.52 Å². The van der Waals surface area contributed by atoms with Crippen molar-refractivity contribution in [2.75, 3.05) is 6.54 Å². The summed E-state index contributed by atoms with van der Waals surface area (Å²) in [5, 5.41) is 14.8. The van der Waals surface area contributed by atoms with E-state index in [-0.39, 0.29) is 11.9 Å². The van der Waals surface area contributed by atoms with Gasteiger partial charge in [0.15, 0.2) is 11.5 Å². The molecule has 0 unspecified atom stereocenters. The maximum atomic E-state index is 13.2. The zero-order chi connectivity index (χ0) is 20.1. The van der Waals surface area contributed by atoms with Gasteiger partial charge in [0, 0.05) is 24.2 Å². The van der Waals surface area contributed by atoms with Crippen LogP contribution in [-0.4, -0.2) is 33.7 Å². The van der Waals surface area contributed by atoms with Crippen LogP contribution in [0.25, 0.3) is 11.3 Å². The highest BCUT2D eigenvalue weighted by atomic mass is 16.5. The van der Waals surface area contributed by atoms with Crippen molar-refractivity contribution in [2.45, 2.75) is 44.2 Å². The number of aromatic nitrogens is 1. The number of carbonyl (C=O) groups is 1. The maximum Gasteiger partial charge on any atom is 0.276 e. The van der Waals surface area contributed by atoms with Gasteiger partial charge in [0.25, 0.3) is 5.91 Å². The van der Waals surface area contributed by atoms with E-state index in [0.717, 1.165) is 36.8 Å². The standard InChI is InChI=1S/C24H26N2O3/c27-22(18-10-4-1-5-11-18)16-20-14-8-3-9-15-26(20)24(28)21-17-23(29-25-21)19-12-6-2-7-13-19/h1-2,4-7,10-13,17,20,22,27H,3,8-9,14-16H2/t20-,22-/m0/s1. The SMILES string of the molecule is O=C(c1cc(-c2ccccc2)on1)N1CCCCC[C@H]1C[C@H](O)c1ccccc1. The monoisotopic (exact) mass is 390 g/mol. The Morgan fingerprint density at radius 1 is 1.07 bits per heavy atom. The van der Waals surface area contributed by atoms with Crippen molar-refractivity contribution in [1.82, 2.24) is 10.1 Å². The highest BCUT2D eigenvalue weighted by Gasteiger charge is 2.30. The van der Waals surface area contributed by atoms with Crippen molar-refractivity contribution in [3.8, 4) is 11.3 Å². The molecule has 0 saturated carbocycles. The van der Waals surface area contributed by atoms with Crippen LogP contribution >= 0.6 is 0 Å². The van der Waals surface area contributed by atoms with Gasteiger partial charge in [-0.2, -0.15) is 0 Å². The summed E-state index contributed by atoms with van der Waals surface area (Å²) in [6, 6.07) is 21.0. The van der Waals surface area contributed by atoms with Crippen molar-refractivity contribution >= 4 is 5.91 Å². The van der Waals surface area contributed by atoms with E-state index < -0.39 is 6.10 Å². The van der Waals surface area contributed by atoms with Gasteiger partial charge in [0.1, 0.15) is 0 Å². The normalized spacial score (nSPS) is 18.2. The Hall–Kier alpha value is -2.92. The third-order valence-corrected chi connectivity index (χ3v) is 5.61. The largest absolute Gasteiger partial charge is 0.388 e. The van der Waals surface area contributed by atoms with E-state index in [9.17, 15) is 9.90 Å². The number of amides is 1. The van der Waals surface area contributed by atoms with Crippen LogP contribution in [0, 0.1) is 0 Å². The number of hydrogen-bond acceptors (Lipinski definition) is 4. The molecule has 0 radical (unpaired) electrons. The predicted octanol–water partition coefficient (Wildman–Crippen LogP) is 4.85. The van der Waals surface area contributed by atoms with Crippen LogP contribution in [0.4, 0.5) is 0 Å². The van der Waals surface area contributed by atoms with Crippen LogP contribution in [0.2, 0.25) is 0 Å². The lowest BCUT2D eigenvalue weighted by molar-refractivity contribution is 0.0578. The zero-order valence-corrected chi connectivity index (χ0v) is 16.4. The van der Waals surface area contributed by atoms with Gasteiger partial charge in [-0.3, -0.25) is 4.79 Å². The molecule has 5 nitrogen and oxygen atoms in total. The molecular weight excluding hydrogens is 364 g/mol. The molecular formula is C24H26N2O3. The van der Waals surface area contributed by atoms with E-state index in [0.29, 0.717) is 24.4 Å². The van der Waals surface area contributed by atoms with Crippen LogP contribution in [0.15, 0.2) is 71.3 Å². The molecule has 2 atom stereocenters. The van der Waals surface area contributed by atoms with Gasteiger partial charge in [-0.15, -0.1) is 0 Å². The van der Waals surface area contributed by atoms with Gasteiger partial charge in [-0.05, 0) is 24.8 Å². The van der Waals surface area contributed by atoms with Crippen molar-refractivity contribution < 1.29 is 14.4 Å². The summed E-state index contributed by atoms with van der Waals surface area (Å²) in [6.07, 6.45) is 3.94. The van der Waals surface area contributed by atoms with Gasteiger partial charge in [-0.25, -0.2) is 0 Å². The van der Waals surface area contributed by atoms with Gasteiger partial charge in [0.2, 0.25) is 0 Å². The molecule has 5 heteroatoms. The molecule has 4 rings (SSSR count). The molecule has 3 aromatic rings. The Morgan fingerprint density at radius 2 is 1.79 bits per heavy atom. The number of likely N-dealkylation sites (tertiary alicyclic amines) is 1. The minimum atomic E-state index is -0.591. The van der Waals surface area contributed by atoms with Crippen LogP contribution in [0.5, 0.6) is 0 Å². The second-order valence-corrected chi connectivity index (χ2v) is 7.61. The molecule has 150 valence electrons. The fraction of sp³-hybridized carbons (Fsp3) is 0.333. The topological polar surface area (TPSA) is 66.6 Å². The highest BCUT2D eigenvalue weighted by molar-refractivity contribution is 5.93. The molecule has 1 N–H and O–H groups in total. The smallest absolute Gasteiger partial charge is 0.276 e. The molecule has 29 heavy (non-hydrogen) atoms. The fourth-order valence-electron chi connectivity index (χ4n) is 4.02. The summed E-state index contributed by atoms with van der Waals surface area (Å²) in [6.45, 7) is 0.679. The Bertz CT molecular complexity index is 924. The molecule has 1 aliphatic rings. The van der Waals surface area contributed by atoms with E-state index in [2.05, 4.69) is 5.16 Å². The molecule has 1 amide bonds. The van der Waals surface area contributed by atoms with Crippen LogP contribution in [0.3, 0.4) is 0 Å².